The van der Waals surface area contributed by atoms with Crippen LogP contribution >= 0.6 is 0 Å². The van der Waals surface area contributed by atoms with Crippen molar-refractivity contribution >= 4 is 5.91 Å². The summed E-state index contributed by atoms with van der Waals surface area (Å²) in [5.41, 5.74) is 0.687. The number of amides is 1. The van der Waals surface area contributed by atoms with E-state index >= 15 is 0 Å². The number of allylic oxidation sites excluding steroid dienone is 6. The molecule has 0 heterocycles. The maximum absolute atomic E-state index is 11.9. The van der Waals surface area contributed by atoms with E-state index in [2.05, 4.69) is 24.5 Å². The highest BCUT2D eigenvalue weighted by atomic mass is 16.1. The van der Waals surface area contributed by atoms with Crippen LogP contribution in [-0.2, 0) is 4.79 Å². The molecule has 0 radical (unpaired) electrons. The van der Waals surface area contributed by atoms with Gasteiger partial charge < -0.3 is 10.6 Å². The Labute approximate surface area is 109 Å². The Bertz CT molecular complexity index is 376. The second-order valence-corrected chi connectivity index (χ2v) is 4.47. The molecule has 18 heavy (non-hydrogen) atoms. The Morgan fingerprint density at radius 2 is 1.83 bits per heavy atom. The average molecular weight is 246 g/mol. The maximum atomic E-state index is 11.9. The van der Waals surface area contributed by atoms with Crippen molar-refractivity contribution < 1.29 is 4.79 Å². The molecule has 0 bridgehead atoms. The predicted octanol–water partition coefficient (Wildman–Crippen LogP) is 2.10. The van der Waals surface area contributed by atoms with Crippen LogP contribution in [0.4, 0.5) is 0 Å². The van der Waals surface area contributed by atoms with Crippen molar-refractivity contribution in [2.45, 2.75) is 26.3 Å². The molecule has 0 saturated heterocycles. The summed E-state index contributed by atoms with van der Waals surface area (Å²) in [6, 6.07) is 0.494. The van der Waals surface area contributed by atoms with Crippen molar-refractivity contribution in [1.29, 1.82) is 0 Å². The molecule has 0 fully saturated rings. The summed E-state index contributed by atoms with van der Waals surface area (Å²) in [7, 11) is 0. The first-order valence-electron chi connectivity index (χ1n) is 6.43. The van der Waals surface area contributed by atoms with Gasteiger partial charge in [0.15, 0.2) is 0 Å². The highest BCUT2D eigenvalue weighted by Crippen LogP contribution is 2.01. The first-order chi connectivity index (χ1) is 8.70. The molecule has 0 aromatic carbocycles. The van der Waals surface area contributed by atoms with Crippen LogP contribution in [0.25, 0.3) is 0 Å². The third-order valence-corrected chi connectivity index (χ3v) is 2.45. The van der Waals surface area contributed by atoms with E-state index in [4.69, 9.17) is 0 Å². The van der Waals surface area contributed by atoms with E-state index in [1.807, 2.05) is 42.5 Å². The molecule has 98 valence electrons. The van der Waals surface area contributed by atoms with Crippen LogP contribution in [0.2, 0.25) is 0 Å². The van der Waals surface area contributed by atoms with Gasteiger partial charge in [0, 0.05) is 18.2 Å². The van der Waals surface area contributed by atoms with E-state index in [0.29, 0.717) is 18.2 Å². The fraction of sp³-hybridized carbons (Fsp3) is 0.400. The molecule has 0 saturated carbocycles. The van der Waals surface area contributed by atoms with Crippen LogP contribution in [-0.4, -0.2) is 25.0 Å². The van der Waals surface area contributed by atoms with Crippen molar-refractivity contribution in [1.82, 2.24) is 10.6 Å². The minimum absolute atomic E-state index is 0.0178. The van der Waals surface area contributed by atoms with Gasteiger partial charge in [0.05, 0.1) is 0 Å². The number of carbonyl (C=O) groups is 1. The Morgan fingerprint density at radius 3 is 2.61 bits per heavy atom. The van der Waals surface area contributed by atoms with E-state index in [1.54, 1.807) is 0 Å². The van der Waals surface area contributed by atoms with Crippen LogP contribution in [0, 0.1) is 0 Å². The molecule has 0 aromatic heterocycles. The molecule has 1 aliphatic rings. The highest BCUT2D eigenvalue weighted by Gasteiger charge is 2.04. The molecule has 0 aromatic rings. The van der Waals surface area contributed by atoms with Crippen molar-refractivity contribution in [3.63, 3.8) is 0 Å². The smallest absolute Gasteiger partial charge is 0.251 e. The molecule has 0 spiro atoms. The number of nitrogens with one attached hydrogen (secondary N) is 2. The molecular weight excluding hydrogens is 224 g/mol. The number of hydrogen-bond donors (Lipinski definition) is 2. The number of rotatable bonds is 6. The van der Waals surface area contributed by atoms with Gasteiger partial charge in [-0.05, 0) is 25.1 Å². The number of hydrogen-bond acceptors (Lipinski definition) is 2. The lowest BCUT2D eigenvalue weighted by molar-refractivity contribution is -0.117. The summed E-state index contributed by atoms with van der Waals surface area (Å²) >= 11 is 0. The summed E-state index contributed by atoms with van der Waals surface area (Å²) in [5, 5.41) is 6.23. The lowest BCUT2D eigenvalue weighted by Gasteiger charge is -2.09. The molecule has 3 heteroatoms. The summed E-state index contributed by atoms with van der Waals surface area (Å²) in [4.78, 5) is 11.9. The molecule has 1 aliphatic carbocycles. The quantitative estimate of drug-likeness (QED) is 0.705. The van der Waals surface area contributed by atoms with E-state index in [9.17, 15) is 4.79 Å². The van der Waals surface area contributed by atoms with Crippen LogP contribution in [0.3, 0.4) is 0 Å². The fourth-order valence-electron chi connectivity index (χ4n) is 1.50. The van der Waals surface area contributed by atoms with Crippen LogP contribution in [0.5, 0.6) is 0 Å². The van der Waals surface area contributed by atoms with Crippen molar-refractivity contribution in [2.24, 2.45) is 0 Å². The molecule has 3 nitrogen and oxygen atoms in total. The first kappa shape index (κ1) is 14.5. The van der Waals surface area contributed by atoms with Gasteiger partial charge in [-0.25, -0.2) is 0 Å². The molecule has 0 unspecified atom stereocenters. The highest BCUT2D eigenvalue weighted by molar-refractivity contribution is 5.96. The predicted molar refractivity (Wildman–Crippen MR) is 76.3 cm³/mol. The zero-order valence-electron chi connectivity index (χ0n) is 11.1. The summed E-state index contributed by atoms with van der Waals surface area (Å²) < 4.78 is 0. The maximum Gasteiger partial charge on any atom is 0.251 e. The van der Waals surface area contributed by atoms with E-state index in [1.165, 1.54) is 0 Å². The Hall–Kier alpha value is -1.61. The van der Waals surface area contributed by atoms with E-state index in [0.717, 1.165) is 13.0 Å². The minimum Gasteiger partial charge on any atom is -0.352 e. The van der Waals surface area contributed by atoms with Crippen molar-refractivity contribution in [2.75, 3.05) is 13.1 Å². The van der Waals surface area contributed by atoms with Gasteiger partial charge in [-0.3, -0.25) is 4.79 Å². The lowest BCUT2D eigenvalue weighted by Crippen LogP contribution is -2.30. The van der Waals surface area contributed by atoms with Gasteiger partial charge in [-0.15, -0.1) is 0 Å². The van der Waals surface area contributed by atoms with Crippen LogP contribution in [0.15, 0.2) is 48.1 Å². The van der Waals surface area contributed by atoms with Gasteiger partial charge >= 0.3 is 0 Å². The Kier molecular flexibility index (Phi) is 6.81. The van der Waals surface area contributed by atoms with Gasteiger partial charge in [0.1, 0.15) is 0 Å². The molecule has 0 atom stereocenters. The summed E-state index contributed by atoms with van der Waals surface area (Å²) in [6.07, 6.45) is 14.1. The lowest BCUT2D eigenvalue weighted by atomic mass is 10.1. The monoisotopic (exact) mass is 246 g/mol. The zero-order valence-corrected chi connectivity index (χ0v) is 11.1. The zero-order chi connectivity index (χ0) is 13.2. The molecule has 1 amide bonds. The third kappa shape index (κ3) is 6.21. The minimum atomic E-state index is -0.0178. The molecule has 1 rings (SSSR count). The van der Waals surface area contributed by atoms with Gasteiger partial charge in [-0.1, -0.05) is 44.2 Å². The summed E-state index contributed by atoms with van der Waals surface area (Å²) in [5.74, 6) is -0.0178. The third-order valence-electron chi connectivity index (χ3n) is 2.45. The summed E-state index contributed by atoms with van der Waals surface area (Å²) in [6.45, 7) is 5.85. The van der Waals surface area contributed by atoms with E-state index in [-0.39, 0.29) is 5.91 Å². The van der Waals surface area contributed by atoms with Crippen molar-refractivity contribution in [3.05, 3.63) is 48.1 Å². The van der Waals surface area contributed by atoms with Gasteiger partial charge in [0.2, 0.25) is 0 Å². The SMILES string of the molecule is CC(C)NCCCNC(=O)C1=C/C=C\C=C/C=C1. The first-order valence-corrected chi connectivity index (χ1v) is 6.43. The molecular formula is C15H22N2O. The topological polar surface area (TPSA) is 41.1 Å². The normalized spacial score (nSPS) is 17.8. The second kappa shape index (κ2) is 8.48. The van der Waals surface area contributed by atoms with Crippen LogP contribution < -0.4 is 10.6 Å². The largest absolute Gasteiger partial charge is 0.352 e. The number of carbonyl (C=O) groups excluding carboxylic acids is 1. The van der Waals surface area contributed by atoms with Gasteiger partial charge in [-0.2, -0.15) is 0 Å². The van der Waals surface area contributed by atoms with Crippen molar-refractivity contribution in [3.8, 4) is 0 Å². The fourth-order valence-corrected chi connectivity index (χ4v) is 1.50. The van der Waals surface area contributed by atoms with Gasteiger partial charge in [0.25, 0.3) is 5.91 Å². The van der Waals surface area contributed by atoms with Crippen LogP contribution in [0.1, 0.15) is 20.3 Å². The average Bonchev–Trinajstić information content (AvgIpc) is 2.27. The molecule has 0 aliphatic heterocycles. The Balaban J connectivity index is 2.28. The molecule has 2 N–H and O–H groups in total. The Morgan fingerprint density at radius 1 is 1.11 bits per heavy atom. The van der Waals surface area contributed by atoms with E-state index < -0.39 is 0 Å². The second-order valence-electron chi connectivity index (χ2n) is 4.47. The standard InChI is InChI=1S/C15H22N2O/c1-13(2)16-11-8-12-17-15(18)14-9-6-4-3-5-7-10-14/h3-7,9-10,13,16H,8,11-12H2,1-2H3,(H,17,18)/b4-3-,5-3?,6-4?,7-5-,9-6?,10-7?,14-9?,14-10?.